The molecular weight excluding hydrogens is 210 g/mol. The summed E-state index contributed by atoms with van der Waals surface area (Å²) in [5.41, 5.74) is 4.07. The van der Waals surface area contributed by atoms with Gasteiger partial charge in [-0.05, 0) is 69.0 Å². The van der Waals surface area contributed by atoms with Gasteiger partial charge >= 0.3 is 0 Å². The van der Waals surface area contributed by atoms with Crippen molar-refractivity contribution in [1.29, 1.82) is 0 Å². The van der Waals surface area contributed by atoms with Crippen LogP contribution in [0.3, 0.4) is 0 Å². The van der Waals surface area contributed by atoms with Crippen LogP contribution in [-0.2, 0) is 6.42 Å². The highest BCUT2D eigenvalue weighted by Crippen LogP contribution is 2.32. The number of aromatic hydroxyl groups is 1. The quantitative estimate of drug-likeness (QED) is 0.837. The topological polar surface area (TPSA) is 32.3 Å². The predicted molar refractivity (Wildman–Crippen MR) is 72.2 cm³/mol. The smallest absolute Gasteiger partial charge is 0.116 e. The second-order valence-electron chi connectivity index (χ2n) is 5.70. The summed E-state index contributed by atoms with van der Waals surface area (Å²) in [6, 6.07) is 5.67. The van der Waals surface area contributed by atoms with Crippen molar-refractivity contribution >= 4 is 5.57 Å². The molecule has 0 amide bonds. The molecule has 2 heteroatoms. The van der Waals surface area contributed by atoms with Gasteiger partial charge in [0, 0.05) is 5.54 Å². The highest BCUT2D eigenvalue weighted by Gasteiger charge is 2.15. The molecule has 0 atom stereocenters. The molecule has 0 heterocycles. The van der Waals surface area contributed by atoms with Crippen molar-refractivity contribution in [2.45, 2.75) is 39.2 Å². The standard InChI is InChI=1S/C15H21NO/c1-15(2,3)16-9-8-12-5-4-11-6-7-13(17)10-14(11)12/h5-7,10,16-17H,4,8-9H2,1-3H3. The lowest BCUT2D eigenvalue weighted by Crippen LogP contribution is -2.36. The fraction of sp³-hybridized carbons (Fsp3) is 0.467. The van der Waals surface area contributed by atoms with Gasteiger partial charge in [0.15, 0.2) is 0 Å². The molecule has 17 heavy (non-hydrogen) atoms. The molecule has 0 saturated carbocycles. The van der Waals surface area contributed by atoms with Crippen LogP contribution in [0.15, 0.2) is 24.3 Å². The highest BCUT2D eigenvalue weighted by atomic mass is 16.3. The Morgan fingerprint density at radius 2 is 2.06 bits per heavy atom. The van der Waals surface area contributed by atoms with Crippen LogP contribution >= 0.6 is 0 Å². The Labute approximate surface area is 103 Å². The summed E-state index contributed by atoms with van der Waals surface area (Å²) in [6.45, 7) is 7.51. The molecule has 1 aromatic rings. The molecule has 2 nitrogen and oxygen atoms in total. The summed E-state index contributed by atoms with van der Waals surface area (Å²) in [4.78, 5) is 0. The molecule has 0 saturated heterocycles. The Balaban J connectivity index is 2.00. The summed E-state index contributed by atoms with van der Waals surface area (Å²) < 4.78 is 0. The summed E-state index contributed by atoms with van der Waals surface area (Å²) in [6.07, 6.45) is 4.29. The normalized spacial score (nSPS) is 14.6. The van der Waals surface area contributed by atoms with Crippen molar-refractivity contribution in [3.05, 3.63) is 35.4 Å². The maximum atomic E-state index is 9.53. The van der Waals surface area contributed by atoms with Crippen molar-refractivity contribution in [3.63, 3.8) is 0 Å². The summed E-state index contributed by atoms with van der Waals surface area (Å²) in [5.74, 6) is 0.361. The number of benzene rings is 1. The van der Waals surface area contributed by atoms with Crippen molar-refractivity contribution in [2.24, 2.45) is 0 Å². The summed E-state index contributed by atoms with van der Waals surface area (Å²) in [5, 5.41) is 13.0. The first-order valence-electron chi connectivity index (χ1n) is 6.22. The molecule has 0 aliphatic heterocycles. The largest absolute Gasteiger partial charge is 0.508 e. The van der Waals surface area contributed by atoms with Gasteiger partial charge in [0.05, 0.1) is 0 Å². The van der Waals surface area contributed by atoms with Gasteiger partial charge in [0.2, 0.25) is 0 Å². The number of hydrogen-bond donors (Lipinski definition) is 2. The van der Waals surface area contributed by atoms with Crippen LogP contribution in [0.2, 0.25) is 0 Å². The third-order valence-corrected chi connectivity index (χ3v) is 3.06. The van der Waals surface area contributed by atoms with E-state index in [2.05, 4.69) is 32.2 Å². The fourth-order valence-corrected chi connectivity index (χ4v) is 2.19. The lowest BCUT2D eigenvalue weighted by Gasteiger charge is -2.20. The van der Waals surface area contributed by atoms with E-state index < -0.39 is 0 Å². The van der Waals surface area contributed by atoms with Gasteiger partial charge in [-0.1, -0.05) is 12.1 Å². The lowest BCUT2D eigenvalue weighted by molar-refractivity contribution is 0.432. The van der Waals surface area contributed by atoms with Crippen molar-refractivity contribution in [2.75, 3.05) is 6.54 Å². The Morgan fingerprint density at radius 3 is 2.76 bits per heavy atom. The predicted octanol–water partition coefficient (Wildman–Crippen LogP) is 3.11. The summed E-state index contributed by atoms with van der Waals surface area (Å²) in [7, 11) is 0. The Morgan fingerprint density at radius 1 is 1.29 bits per heavy atom. The molecular formula is C15H21NO. The van der Waals surface area contributed by atoms with Gasteiger partial charge in [-0.2, -0.15) is 0 Å². The van der Waals surface area contributed by atoms with Gasteiger partial charge in [0.1, 0.15) is 5.75 Å². The molecule has 1 aromatic carbocycles. The van der Waals surface area contributed by atoms with Gasteiger partial charge in [-0.15, -0.1) is 0 Å². The zero-order chi connectivity index (χ0) is 12.5. The first kappa shape index (κ1) is 12.2. The van der Waals surface area contributed by atoms with Crippen molar-refractivity contribution < 1.29 is 5.11 Å². The Bertz CT molecular complexity index is 441. The Hall–Kier alpha value is -1.28. The van der Waals surface area contributed by atoms with Crippen LogP contribution < -0.4 is 5.32 Å². The third-order valence-electron chi connectivity index (χ3n) is 3.06. The highest BCUT2D eigenvalue weighted by molar-refractivity contribution is 5.74. The number of allylic oxidation sites excluding steroid dienone is 1. The minimum atomic E-state index is 0.167. The van der Waals surface area contributed by atoms with E-state index >= 15 is 0 Å². The second kappa shape index (κ2) is 4.53. The number of rotatable bonds is 3. The van der Waals surface area contributed by atoms with E-state index in [-0.39, 0.29) is 5.54 Å². The number of nitrogens with one attached hydrogen (secondary N) is 1. The minimum absolute atomic E-state index is 0.167. The van der Waals surface area contributed by atoms with Gasteiger partial charge < -0.3 is 10.4 Å². The van der Waals surface area contributed by atoms with E-state index in [1.807, 2.05) is 12.1 Å². The van der Waals surface area contributed by atoms with E-state index in [0.29, 0.717) is 5.75 Å². The number of phenolic OH excluding ortho intramolecular Hbond substituents is 1. The van der Waals surface area contributed by atoms with Crippen molar-refractivity contribution in [1.82, 2.24) is 5.32 Å². The molecule has 1 aliphatic carbocycles. The molecule has 0 radical (unpaired) electrons. The Kier molecular flexibility index (Phi) is 3.25. The second-order valence-corrected chi connectivity index (χ2v) is 5.70. The molecule has 92 valence electrons. The fourth-order valence-electron chi connectivity index (χ4n) is 2.19. The zero-order valence-corrected chi connectivity index (χ0v) is 10.9. The molecule has 0 bridgehead atoms. The third kappa shape index (κ3) is 3.10. The zero-order valence-electron chi connectivity index (χ0n) is 10.9. The SMILES string of the molecule is CC(C)(C)NCCC1=CCc2ccc(O)cc21. The molecule has 0 fully saturated rings. The monoisotopic (exact) mass is 231 g/mol. The average Bonchev–Trinajstić information content (AvgIpc) is 2.59. The van der Waals surface area contributed by atoms with E-state index in [1.54, 1.807) is 6.07 Å². The van der Waals surface area contributed by atoms with Crippen LogP contribution in [0.1, 0.15) is 38.3 Å². The van der Waals surface area contributed by atoms with E-state index in [9.17, 15) is 5.11 Å². The average molecular weight is 231 g/mol. The number of phenols is 1. The van der Waals surface area contributed by atoms with E-state index in [4.69, 9.17) is 0 Å². The van der Waals surface area contributed by atoms with Crippen LogP contribution in [0.5, 0.6) is 5.75 Å². The van der Waals surface area contributed by atoms with Crippen LogP contribution in [0.4, 0.5) is 0 Å². The van der Waals surface area contributed by atoms with Crippen molar-refractivity contribution in [3.8, 4) is 5.75 Å². The van der Waals surface area contributed by atoms with Crippen LogP contribution in [0, 0.1) is 0 Å². The molecule has 2 N–H and O–H groups in total. The van der Waals surface area contributed by atoms with Gasteiger partial charge in [0.25, 0.3) is 0 Å². The maximum absolute atomic E-state index is 9.53. The molecule has 0 unspecified atom stereocenters. The van der Waals surface area contributed by atoms with E-state index in [0.717, 1.165) is 19.4 Å². The minimum Gasteiger partial charge on any atom is -0.508 e. The summed E-state index contributed by atoms with van der Waals surface area (Å²) >= 11 is 0. The number of hydrogen-bond acceptors (Lipinski definition) is 2. The van der Waals surface area contributed by atoms with E-state index in [1.165, 1.54) is 16.7 Å². The van der Waals surface area contributed by atoms with Gasteiger partial charge in [-0.25, -0.2) is 0 Å². The van der Waals surface area contributed by atoms with Crippen LogP contribution in [-0.4, -0.2) is 17.2 Å². The lowest BCUT2D eigenvalue weighted by atomic mass is 10.0. The maximum Gasteiger partial charge on any atom is 0.116 e. The first-order chi connectivity index (χ1) is 7.96. The molecule has 2 rings (SSSR count). The molecule has 0 aromatic heterocycles. The van der Waals surface area contributed by atoms with Crippen LogP contribution in [0.25, 0.3) is 5.57 Å². The van der Waals surface area contributed by atoms with Gasteiger partial charge in [-0.3, -0.25) is 0 Å². The molecule has 1 aliphatic rings. The number of fused-ring (bicyclic) bond motifs is 1. The molecule has 0 spiro atoms. The first-order valence-corrected chi connectivity index (χ1v) is 6.22.